The first-order chi connectivity index (χ1) is 14.4. The molecule has 1 aliphatic rings. The SMILES string of the molecule is CC(=O)c1cccc(NC(=O)C2CCN(c3ccc4nnc(C(C)C)n4n3)CC2)c1. The van der Waals surface area contributed by atoms with Gasteiger partial charge in [-0.3, -0.25) is 9.59 Å². The Labute approximate surface area is 175 Å². The normalized spacial score (nSPS) is 15.0. The van der Waals surface area contributed by atoms with Crippen LogP contribution in [0.15, 0.2) is 36.4 Å². The second-order valence-corrected chi connectivity index (χ2v) is 8.06. The fourth-order valence-corrected chi connectivity index (χ4v) is 3.76. The Morgan fingerprint density at radius 1 is 1.10 bits per heavy atom. The smallest absolute Gasteiger partial charge is 0.227 e. The van der Waals surface area contributed by atoms with Crippen molar-refractivity contribution in [2.24, 2.45) is 5.92 Å². The van der Waals surface area contributed by atoms with Crippen molar-refractivity contribution in [1.29, 1.82) is 0 Å². The zero-order valence-electron chi connectivity index (χ0n) is 17.5. The highest BCUT2D eigenvalue weighted by Crippen LogP contribution is 2.24. The van der Waals surface area contributed by atoms with Gasteiger partial charge in [0.2, 0.25) is 5.91 Å². The average Bonchev–Trinajstić information content (AvgIpc) is 3.17. The molecule has 8 heteroatoms. The molecule has 3 heterocycles. The lowest BCUT2D eigenvalue weighted by Gasteiger charge is -2.32. The fourth-order valence-electron chi connectivity index (χ4n) is 3.76. The molecule has 0 atom stereocenters. The van der Waals surface area contributed by atoms with Gasteiger partial charge in [0.15, 0.2) is 17.3 Å². The lowest BCUT2D eigenvalue weighted by molar-refractivity contribution is -0.120. The molecule has 30 heavy (non-hydrogen) atoms. The van der Waals surface area contributed by atoms with Gasteiger partial charge in [-0.15, -0.1) is 15.3 Å². The third-order valence-corrected chi connectivity index (χ3v) is 5.52. The Morgan fingerprint density at radius 2 is 1.87 bits per heavy atom. The molecule has 1 aromatic carbocycles. The van der Waals surface area contributed by atoms with E-state index in [1.807, 2.05) is 18.2 Å². The van der Waals surface area contributed by atoms with Crippen LogP contribution in [-0.4, -0.2) is 44.6 Å². The predicted octanol–water partition coefficient (Wildman–Crippen LogP) is 3.31. The molecule has 2 aromatic heterocycles. The summed E-state index contributed by atoms with van der Waals surface area (Å²) in [6.45, 7) is 7.17. The van der Waals surface area contributed by atoms with Crippen LogP contribution in [0.4, 0.5) is 11.5 Å². The van der Waals surface area contributed by atoms with Crippen molar-refractivity contribution < 1.29 is 9.59 Å². The summed E-state index contributed by atoms with van der Waals surface area (Å²) in [5.41, 5.74) is 2.00. The van der Waals surface area contributed by atoms with E-state index in [-0.39, 0.29) is 23.5 Å². The number of hydrogen-bond acceptors (Lipinski definition) is 6. The molecule has 8 nitrogen and oxygen atoms in total. The van der Waals surface area contributed by atoms with Crippen molar-refractivity contribution in [2.75, 3.05) is 23.3 Å². The number of nitrogens with one attached hydrogen (secondary N) is 1. The average molecular weight is 406 g/mol. The van der Waals surface area contributed by atoms with Gasteiger partial charge in [-0.1, -0.05) is 26.0 Å². The quantitative estimate of drug-likeness (QED) is 0.654. The van der Waals surface area contributed by atoms with Crippen molar-refractivity contribution in [3.8, 4) is 0 Å². The summed E-state index contributed by atoms with van der Waals surface area (Å²) < 4.78 is 1.81. The molecule has 0 spiro atoms. The number of carbonyl (C=O) groups excluding carboxylic acids is 2. The van der Waals surface area contributed by atoms with Crippen molar-refractivity contribution in [1.82, 2.24) is 19.8 Å². The topological polar surface area (TPSA) is 92.5 Å². The van der Waals surface area contributed by atoms with Gasteiger partial charge in [0.1, 0.15) is 5.82 Å². The lowest BCUT2D eigenvalue weighted by Crippen LogP contribution is -2.38. The molecule has 0 unspecified atom stereocenters. The highest BCUT2D eigenvalue weighted by Gasteiger charge is 2.26. The van der Waals surface area contributed by atoms with Crippen LogP contribution < -0.4 is 10.2 Å². The number of fused-ring (bicyclic) bond motifs is 1. The van der Waals surface area contributed by atoms with Crippen LogP contribution in [0.1, 0.15) is 55.7 Å². The summed E-state index contributed by atoms with van der Waals surface area (Å²) in [5, 5.41) is 16.1. The second kappa shape index (κ2) is 8.22. The molecule has 1 fully saturated rings. The predicted molar refractivity (Wildman–Crippen MR) is 115 cm³/mol. The molecular formula is C22H26N6O2. The van der Waals surface area contributed by atoms with E-state index in [1.54, 1.807) is 22.7 Å². The molecule has 0 saturated carbocycles. The molecule has 0 bridgehead atoms. The maximum Gasteiger partial charge on any atom is 0.227 e. The Bertz CT molecular complexity index is 1080. The zero-order chi connectivity index (χ0) is 21.3. The van der Waals surface area contributed by atoms with Gasteiger partial charge < -0.3 is 10.2 Å². The van der Waals surface area contributed by atoms with Gasteiger partial charge in [-0.2, -0.15) is 4.52 Å². The number of aromatic nitrogens is 4. The fraction of sp³-hybridized carbons (Fsp3) is 0.409. The third kappa shape index (κ3) is 4.03. The number of rotatable bonds is 5. The summed E-state index contributed by atoms with van der Waals surface area (Å²) in [4.78, 5) is 26.4. The standard InChI is InChI=1S/C22H26N6O2/c1-14(2)21-25-24-19-7-8-20(26-28(19)21)27-11-9-16(10-12-27)22(30)23-18-6-4-5-17(13-18)15(3)29/h4-8,13-14,16H,9-12H2,1-3H3,(H,23,30). The van der Waals surface area contributed by atoms with Gasteiger partial charge in [-0.05, 0) is 44.0 Å². The Balaban J connectivity index is 1.40. The van der Waals surface area contributed by atoms with Gasteiger partial charge in [0, 0.05) is 36.2 Å². The molecule has 4 rings (SSSR count). The zero-order valence-corrected chi connectivity index (χ0v) is 17.5. The van der Waals surface area contributed by atoms with E-state index in [1.165, 1.54) is 6.92 Å². The van der Waals surface area contributed by atoms with E-state index >= 15 is 0 Å². The number of benzene rings is 1. The molecule has 1 aliphatic heterocycles. The largest absolute Gasteiger partial charge is 0.355 e. The first-order valence-electron chi connectivity index (χ1n) is 10.3. The van der Waals surface area contributed by atoms with Crippen molar-refractivity contribution in [3.63, 3.8) is 0 Å². The first-order valence-corrected chi connectivity index (χ1v) is 10.3. The number of piperidine rings is 1. The molecule has 0 radical (unpaired) electrons. The molecule has 1 saturated heterocycles. The number of nitrogens with zero attached hydrogens (tertiary/aromatic N) is 5. The monoisotopic (exact) mass is 406 g/mol. The van der Waals surface area contributed by atoms with E-state index in [0.717, 1.165) is 43.2 Å². The van der Waals surface area contributed by atoms with Crippen LogP contribution in [0, 0.1) is 5.92 Å². The van der Waals surface area contributed by atoms with Crippen LogP contribution in [0.2, 0.25) is 0 Å². The third-order valence-electron chi connectivity index (χ3n) is 5.52. The number of Topliss-reactive ketones (excluding diaryl/α,β-unsaturated/α-hetero) is 1. The summed E-state index contributed by atoms with van der Waals surface area (Å²) in [7, 11) is 0. The summed E-state index contributed by atoms with van der Waals surface area (Å²) in [6.07, 6.45) is 1.49. The minimum Gasteiger partial charge on any atom is -0.355 e. The number of hydrogen-bond donors (Lipinski definition) is 1. The van der Waals surface area contributed by atoms with Gasteiger partial charge >= 0.3 is 0 Å². The van der Waals surface area contributed by atoms with Crippen LogP contribution in [0.5, 0.6) is 0 Å². The number of amides is 1. The van der Waals surface area contributed by atoms with Crippen LogP contribution in [0.25, 0.3) is 5.65 Å². The van der Waals surface area contributed by atoms with Crippen molar-refractivity contribution in [3.05, 3.63) is 47.8 Å². The number of anilines is 2. The maximum atomic E-state index is 12.7. The highest BCUT2D eigenvalue weighted by molar-refractivity contribution is 5.97. The molecular weight excluding hydrogens is 380 g/mol. The van der Waals surface area contributed by atoms with Crippen LogP contribution in [0.3, 0.4) is 0 Å². The van der Waals surface area contributed by atoms with E-state index in [2.05, 4.69) is 34.3 Å². The van der Waals surface area contributed by atoms with E-state index in [9.17, 15) is 9.59 Å². The van der Waals surface area contributed by atoms with Gasteiger partial charge in [0.05, 0.1) is 0 Å². The maximum absolute atomic E-state index is 12.7. The van der Waals surface area contributed by atoms with Crippen LogP contribution in [-0.2, 0) is 4.79 Å². The van der Waals surface area contributed by atoms with Crippen molar-refractivity contribution >= 4 is 28.8 Å². The molecule has 156 valence electrons. The van der Waals surface area contributed by atoms with E-state index < -0.39 is 0 Å². The minimum absolute atomic E-state index is 0.000308. The Hall–Kier alpha value is -3.29. The van der Waals surface area contributed by atoms with Crippen LogP contribution >= 0.6 is 0 Å². The molecule has 0 aliphatic carbocycles. The minimum atomic E-state index is -0.0629. The number of carbonyl (C=O) groups is 2. The second-order valence-electron chi connectivity index (χ2n) is 8.06. The van der Waals surface area contributed by atoms with Gasteiger partial charge in [-0.25, -0.2) is 0 Å². The van der Waals surface area contributed by atoms with Gasteiger partial charge in [0.25, 0.3) is 0 Å². The molecule has 1 N–H and O–H groups in total. The first kappa shape index (κ1) is 20.0. The lowest BCUT2D eigenvalue weighted by atomic mass is 9.95. The summed E-state index contributed by atoms with van der Waals surface area (Å²) >= 11 is 0. The summed E-state index contributed by atoms with van der Waals surface area (Å²) in [6, 6.07) is 11.0. The summed E-state index contributed by atoms with van der Waals surface area (Å²) in [5.74, 6) is 1.87. The van der Waals surface area contributed by atoms with E-state index in [0.29, 0.717) is 11.3 Å². The Kier molecular flexibility index (Phi) is 5.48. The Morgan fingerprint density at radius 3 is 2.57 bits per heavy atom. The molecule has 3 aromatic rings. The number of ketones is 1. The van der Waals surface area contributed by atoms with Crippen molar-refractivity contribution in [2.45, 2.75) is 39.5 Å². The highest BCUT2D eigenvalue weighted by atomic mass is 16.2. The molecule has 1 amide bonds. The van der Waals surface area contributed by atoms with E-state index in [4.69, 9.17) is 5.10 Å².